The topological polar surface area (TPSA) is 65.8 Å². The van der Waals surface area contributed by atoms with Crippen LogP contribution < -0.4 is 5.32 Å². The number of hydrogen-bond donors (Lipinski definition) is 1. The Morgan fingerprint density at radius 3 is 2.52 bits per heavy atom. The first-order valence-corrected chi connectivity index (χ1v) is 7.00. The summed E-state index contributed by atoms with van der Waals surface area (Å²) >= 11 is 3.30. The van der Waals surface area contributed by atoms with E-state index in [1.807, 2.05) is 18.2 Å². The maximum Gasteiger partial charge on any atom is 0.205 e. The third kappa shape index (κ3) is 3.77. The third-order valence-electron chi connectivity index (χ3n) is 2.79. The van der Waals surface area contributed by atoms with Crippen molar-refractivity contribution in [2.75, 3.05) is 5.32 Å². The lowest BCUT2D eigenvalue weighted by Gasteiger charge is -2.08. The predicted molar refractivity (Wildman–Crippen MR) is 84.6 cm³/mol. The summed E-state index contributed by atoms with van der Waals surface area (Å²) in [7, 11) is 0. The average molecular weight is 342 g/mol. The molecule has 0 spiro atoms. The third-order valence-corrected chi connectivity index (χ3v) is 3.26. The highest BCUT2D eigenvalue weighted by atomic mass is 79.9. The summed E-state index contributed by atoms with van der Waals surface area (Å²) in [5, 5.41) is 12.2. The molecule has 0 unspecified atom stereocenters. The van der Waals surface area contributed by atoms with Gasteiger partial charge in [0.15, 0.2) is 0 Å². The number of carbonyl (C=O) groups is 1. The summed E-state index contributed by atoms with van der Waals surface area (Å²) in [4.78, 5) is 16.5. The van der Waals surface area contributed by atoms with Gasteiger partial charge in [0.1, 0.15) is 17.5 Å². The first-order valence-electron chi connectivity index (χ1n) is 6.21. The minimum Gasteiger partial charge on any atom is -0.343 e. The van der Waals surface area contributed by atoms with E-state index in [0.29, 0.717) is 17.1 Å². The van der Waals surface area contributed by atoms with Crippen LogP contribution >= 0.6 is 15.9 Å². The van der Waals surface area contributed by atoms with E-state index in [9.17, 15) is 10.1 Å². The van der Waals surface area contributed by atoms with Crippen molar-refractivity contribution in [3.63, 3.8) is 0 Å². The van der Waals surface area contributed by atoms with Crippen molar-refractivity contribution in [3.8, 4) is 6.07 Å². The smallest absolute Gasteiger partial charge is 0.205 e. The van der Waals surface area contributed by atoms with Crippen LogP contribution in [0.5, 0.6) is 0 Å². The maximum absolute atomic E-state index is 12.3. The van der Waals surface area contributed by atoms with Gasteiger partial charge in [-0.05, 0) is 35.0 Å². The Morgan fingerprint density at radius 2 is 1.95 bits per heavy atom. The zero-order chi connectivity index (χ0) is 15.2. The summed E-state index contributed by atoms with van der Waals surface area (Å²) in [6, 6.07) is 14.3. The second-order valence-electron chi connectivity index (χ2n) is 4.29. The van der Waals surface area contributed by atoms with Crippen molar-refractivity contribution in [2.45, 2.75) is 6.92 Å². The largest absolute Gasteiger partial charge is 0.343 e. The standard InChI is InChI=1S/C16H12BrN3O/c1-11(20-15-8-7-13(17)10-19-15)14(9-18)16(21)12-5-3-2-4-6-12/h2-8,10H,1H3,(H,19,20). The first kappa shape index (κ1) is 14.9. The zero-order valence-electron chi connectivity index (χ0n) is 11.3. The lowest BCUT2D eigenvalue weighted by atomic mass is 10.0. The van der Waals surface area contributed by atoms with E-state index >= 15 is 0 Å². The van der Waals surface area contributed by atoms with Crippen LogP contribution in [-0.4, -0.2) is 10.8 Å². The predicted octanol–water partition coefficient (Wildman–Crippen LogP) is 3.94. The Labute approximate surface area is 131 Å². The Bertz CT molecular complexity index is 715. The average Bonchev–Trinajstić information content (AvgIpc) is 2.51. The van der Waals surface area contributed by atoms with E-state index in [1.165, 1.54) is 0 Å². The summed E-state index contributed by atoms with van der Waals surface area (Å²) in [6.45, 7) is 1.68. The van der Waals surface area contributed by atoms with Gasteiger partial charge in [-0.2, -0.15) is 5.26 Å². The molecule has 2 rings (SSSR count). The highest BCUT2D eigenvalue weighted by Crippen LogP contribution is 2.16. The van der Waals surface area contributed by atoms with Gasteiger partial charge in [0.2, 0.25) is 5.78 Å². The summed E-state index contributed by atoms with van der Waals surface area (Å²) in [5.74, 6) is 0.268. The van der Waals surface area contributed by atoms with Crippen LogP contribution in [0.2, 0.25) is 0 Å². The molecule has 0 aliphatic carbocycles. The van der Waals surface area contributed by atoms with Gasteiger partial charge in [0, 0.05) is 21.9 Å². The SMILES string of the molecule is CC(Nc1ccc(Br)cn1)=C(C#N)C(=O)c1ccccc1. The molecule has 104 valence electrons. The van der Waals surface area contributed by atoms with Gasteiger partial charge in [-0.25, -0.2) is 4.98 Å². The van der Waals surface area contributed by atoms with Crippen molar-refractivity contribution in [1.29, 1.82) is 5.26 Å². The van der Waals surface area contributed by atoms with Crippen molar-refractivity contribution >= 4 is 27.5 Å². The van der Waals surface area contributed by atoms with E-state index in [1.54, 1.807) is 43.5 Å². The number of allylic oxidation sites excluding steroid dienone is 2. The van der Waals surface area contributed by atoms with Gasteiger partial charge in [-0.3, -0.25) is 4.79 Å². The monoisotopic (exact) mass is 341 g/mol. The molecule has 0 radical (unpaired) electrons. The molecule has 1 N–H and O–H groups in total. The van der Waals surface area contributed by atoms with Crippen molar-refractivity contribution < 1.29 is 4.79 Å². The molecule has 0 fully saturated rings. The van der Waals surface area contributed by atoms with Gasteiger partial charge < -0.3 is 5.32 Å². The van der Waals surface area contributed by atoms with E-state index in [2.05, 4.69) is 26.2 Å². The number of nitriles is 1. The Kier molecular flexibility index (Phi) is 4.85. The van der Waals surface area contributed by atoms with Crippen LogP contribution in [0.4, 0.5) is 5.82 Å². The van der Waals surface area contributed by atoms with Gasteiger partial charge in [0.25, 0.3) is 0 Å². The lowest BCUT2D eigenvalue weighted by Crippen LogP contribution is -2.09. The second kappa shape index (κ2) is 6.82. The summed E-state index contributed by atoms with van der Waals surface area (Å²) < 4.78 is 0.857. The van der Waals surface area contributed by atoms with Crippen LogP contribution in [0, 0.1) is 11.3 Å². The number of pyridine rings is 1. The number of nitrogens with zero attached hydrogens (tertiary/aromatic N) is 2. The highest BCUT2D eigenvalue weighted by Gasteiger charge is 2.15. The van der Waals surface area contributed by atoms with Crippen molar-refractivity contribution in [2.24, 2.45) is 0 Å². The molecule has 0 bridgehead atoms. The number of carbonyl (C=O) groups excluding carboxylic acids is 1. The van der Waals surface area contributed by atoms with Crippen LogP contribution in [0.1, 0.15) is 17.3 Å². The zero-order valence-corrected chi connectivity index (χ0v) is 12.9. The fourth-order valence-corrected chi connectivity index (χ4v) is 1.98. The summed E-state index contributed by atoms with van der Waals surface area (Å²) in [5.41, 5.74) is 1.03. The maximum atomic E-state index is 12.3. The van der Waals surface area contributed by atoms with Crippen LogP contribution in [-0.2, 0) is 0 Å². The molecule has 4 nitrogen and oxygen atoms in total. The first-order chi connectivity index (χ1) is 10.1. The molecular formula is C16H12BrN3O. The van der Waals surface area contributed by atoms with Gasteiger partial charge >= 0.3 is 0 Å². The Balaban J connectivity index is 2.28. The normalized spacial score (nSPS) is 11.3. The molecule has 0 aliphatic heterocycles. The van der Waals surface area contributed by atoms with Crippen LogP contribution in [0.25, 0.3) is 0 Å². The van der Waals surface area contributed by atoms with E-state index in [4.69, 9.17) is 0 Å². The summed E-state index contributed by atoms with van der Waals surface area (Å²) in [6.07, 6.45) is 1.64. The lowest BCUT2D eigenvalue weighted by molar-refractivity contribution is 0.103. The van der Waals surface area contributed by atoms with Crippen LogP contribution in [0.3, 0.4) is 0 Å². The van der Waals surface area contributed by atoms with Crippen LogP contribution in [0.15, 0.2) is 64.4 Å². The molecule has 1 aromatic heterocycles. The van der Waals surface area contributed by atoms with Crippen molar-refractivity contribution in [1.82, 2.24) is 4.98 Å². The number of halogens is 1. The molecule has 1 aromatic carbocycles. The minimum atomic E-state index is -0.305. The van der Waals surface area contributed by atoms with Gasteiger partial charge in [0.05, 0.1) is 0 Å². The van der Waals surface area contributed by atoms with Crippen molar-refractivity contribution in [3.05, 3.63) is 70.0 Å². The van der Waals surface area contributed by atoms with E-state index < -0.39 is 0 Å². The molecule has 0 atom stereocenters. The number of Topliss-reactive ketones (excluding diaryl/α,β-unsaturated/α-hetero) is 1. The van der Waals surface area contributed by atoms with Gasteiger partial charge in [-0.15, -0.1) is 0 Å². The molecular weight excluding hydrogens is 330 g/mol. The fraction of sp³-hybridized carbons (Fsp3) is 0.0625. The Morgan fingerprint density at radius 1 is 1.24 bits per heavy atom. The molecule has 0 saturated heterocycles. The highest BCUT2D eigenvalue weighted by molar-refractivity contribution is 9.10. The van der Waals surface area contributed by atoms with Gasteiger partial charge in [-0.1, -0.05) is 30.3 Å². The fourth-order valence-electron chi connectivity index (χ4n) is 1.74. The number of aromatic nitrogens is 1. The number of anilines is 1. The molecule has 5 heteroatoms. The number of nitrogens with one attached hydrogen (secondary N) is 1. The molecule has 2 aromatic rings. The molecule has 1 heterocycles. The van der Waals surface area contributed by atoms with E-state index in [-0.39, 0.29) is 11.4 Å². The quantitative estimate of drug-likeness (QED) is 0.519. The number of hydrogen-bond acceptors (Lipinski definition) is 4. The molecule has 0 amide bonds. The van der Waals surface area contributed by atoms with E-state index in [0.717, 1.165) is 4.47 Å². The molecule has 0 saturated carbocycles. The number of ketones is 1. The number of rotatable bonds is 4. The molecule has 21 heavy (non-hydrogen) atoms. The molecule has 0 aliphatic rings. The number of benzene rings is 1. The second-order valence-corrected chi connectivity index (χ2v) is 5.21. The minimum absolute atomic E-state index is 0.0749. The Hall–Kier alpha value is -2.45.